The highest BCUT2D eigenvalue weighted by Crippen LogP contribution is 2.42. The fraction of sp³-hybridized carbons (Fsp3) is 0.178. The maximum atomic E-state index is 16.2. The Bertz CT molecular complexity index is 3880. The number of alkyl halides is 2. The van der Waals surface area contributed by atoms with Crippen molar-refractivity contribution in [2.75, 3.05) is 13.2 Å². The second-order valence-corrected chi connectivity index (χ2v) is 23.8. The van der Waals surface area contributed by atoms with Crippen LogP contribution >= 0.6 is 23.5 Å². The fourth-order valence-electron chi connectivity index (χ4n) is 9.67. The lowest BCUT2D eigenvalue weighted by molar-refractivity contribution is -0.0199. The van der Waals surface area contributed by atoms with Crippen LogP contribution < -0.4 is 0 Å². The van der Waals surface area contributed by atoms with Crippen LogP contribution in [0.4, 0.5) is 8.78 Å². The molecule has 2 unspecified atom stereocenters. The van der Waals surface area contributed by atoms with Gasteiger partial charge in [-0.3, -0.25) is 0 Å². The molecule has 2 aliphatic rings. The van der Waals surface area contributed by atoms with Crippen molar-refractivity contribution in [1.29, 1.82) is 0 Å². The molecular weight excluding hydrogens is 1170 g/mol. The van der Waals surface area contributed by atoms with Crippen LogP contribution in [0, 0.1) is 20.8 Å². The maximum absolute atomic E-state index is 16.2. The number of ether oxygens (including phenoxy) is 6. The van der Waals surface area contributed by atoms with Crippen molar-refractivity contribution >= 4 is 59.3 Å². The molecule has 0 aliphatic carbocycles. The largest absolute Gasteiger partial charge is 0.461 e. The first-order valence-electron chi connectivity index (χ1n) is 28.6. The predicted octanol–water partition coefficient (Wildman–Crippen LogP) is 15.3. The quantitative estimate of drug-likeness (QED) is 0.0626. The Morgan fingerprint density at radius 2 is 0.528 bits per heavy atom. The second-order valence-electron chi connectivity index (χ2n) is 21.2. The van der Waals surface area contributed by atoms with Crippen LogP contribution in [0.1, 0.15) is 78.8 Å². The van der Waals surface area contributed by atoms with E-state index < -0.39 is 81.7 Å². The van der Waals surface area contributed by atoms with Gasteiger partial charge in [0, 0.05) is 0 Å². The lowest BCUT2D eigenvalue weighted by Crippen LogP contribution is -2.37. The smallest absolute Gasteiger partial charge is 0.339 e. The van der Waals surface area contributed by atoms with Gasteiger partial charge in [0.25, 0.3) is 0 Å². The highest BCUT2D eigenvalue weighted by molar-refractivity contribution is 8.01. The Kier molecular flexibility index (Phi) is 20.6. The Morgan fingerprint density at radius 3 is 0.798 bits per heavy atom. The molecule has 8 atom stereocenters. The topological polar surface area (TPSA) is 158 Å². The summed E-state index contributed by atoms with van der Waals surface area (Å²) in [5, 5.41) is -1.64. The number of hydrogen-bond acceptors (Lipinski definition) is 14. The van der Waals surface area contributed by atoms with Crippen LogP contribution in [0.3, 0.4) is 0 Å². The number of benzene rings is 9. The van der Waals surface area contributed by atoms with Crippen molar-refractivity contribution in [3.05, 3.63) is 287 Å². The lowest BCUT2D eigenvalue weighted by Gasteiger charge is -2.20. The highest BCUT2D eigenvalue weighted by atomic mass is 32.2. The van der Waals surface area contributed by atoms with Crippen LogP contribution in [0.15, 0.2) is 237 Å². The van der Waals surface area contributed by atoms with Crippen molar-refractivity contribution < 1.29 is 66.0 Å². The number of carbonyl (C=O) groups excluding carboxylic acids is 6. The first kappa shape index (κ1) is 62.4. The molecule has 9 aromatic rings. The van der Waals surface area contributed by atoms with E-state index in [9.17, 15) is 28.8 Å². The fourth-order valence-corrected chi connectivity index (χ4v) is 12.3. The first-order valence-corrected chi connectivity index (χ1v) is 30.5. The molecule has 450 valence electrons. The third kappa shape index (κ3) is 16.1. The van der Waals surface area contributed by atoms with E-state index in [1.807, 2.05) is 124 Å². The van der Waals surface area contributed by atoms with Crippen molar-refractivity contribution in [3.63, 3.8) is 0 Å². The standard InChI is InChI=1S/C44H33FO6S.C29H27FO6S/c45-39-40(50-42(47)36-24-18-33(19-25-36)30-12-6-2-7-13-30)38(28-49-41(46)35-22-16-32(17-23-35)29-10-4-1-5-11-29)52-44(39)51-43(48)37-26-20-34(21-27-37)31-14-8-3-9-15-31;1-17-4-10-20(11-5-17)26(31)34-16-23-25(35-27(32)21-12-6-18(2)7-13-21)24(30)29(37-23)36-28(33)22-14-8-19(3)9-15-22/h1-27,38-40,44H,28H2;4-15,23-25,29H,16H2,1-3H3/t38-,39-,40+,44?;23-,24-,25+,29?/m00/s1. The molecule has 16 heteroatoms. The van der Waals surface area contributed by atoms with Crippen LogP contribution in [0.25, 0.3) is 33.4 Å². The van der Waals surface area contributed by atoms with Crippen molar-refractivity contribution in [1.82, 2.24) is 0 Å². The summed E-state index contributed by atoms with van der Waals surface area (Å²) in [6, 6.07) is 70.0. The maximum Gasteiger partial charge on any atom is 0.339 e. The Labute approximate surface area is 522 Å². The van der Waals surface area contributed by atoms with Gasteiger partial charge in [0.2, 0.25) is 0 Å². The minimum Gasteiger partial charge on any atom is -0.461 e. The van der Waals surface area contributed by atoms with Gasteiger partial charge in [0.05, 0.1) is 43.9 Å². The molecule has 0 N–H and O–H groups in total. The van der Waals surface area contributed by atoms with E-state index in [0.29, 0.717) is 11.1 Å². The summed E-state index contributed by atoms with van der Waals surface area (Å²) in [6.45, 7) is 5.15. The average molecular weight is 1230 g/mol. The molecule has 0 radical (unpaired) electrons. The number of thioether (sulfide) groups is 2. The number of carbonyl (C=O) groups is 6. The van der Waals surface area contributed by atoms with Gasteiger partial charge >= 0.3 is 35.8 Å². The summed E-state index contributed by atoms with van der Waals surface area (Å²) >= 11 is 1.91. The van der Waals surface area contributed by atoms with Crippen molar-refractivity contribution in [2.24, 2.45) is 0 Å². The van der Waals surface area contributed by atoms with Gasteiger partial charge in [-0.2, -0.15) is 0 Å². The van der Waals surface area contributed by atoms with Gasteiger partial charge in [-0.25, -0.2) is 37.5 Å². The Hall–Kier alpha value is -9.64. The zero-order chi connectivity index (χ0) is 62.4. The summed E-state index contributed by atoms with van der Waals surface area (Å²) in [7, 11) is 0. The molecule has 2 heterocycles. The van der Waals surface area contributed by atoms with Crippen LogP contribution in [0.2, 0.25) is 0 Å². The van der Waals surface area contributed by atoms with Crippen LogP contribution in [0.5, 0.6) is 0 Å². The van der Waals surface area contributed by atoms with E-state index in [0.717, 1.165) is 73.6 Å². The summed E-state index contributed by atoms with van der Waals surface area (Å²) in [5.74, 6) is -4.08. The van der Waals surface area contributed by atoms with E-state index in [2.05, 4.69) is 0 Å². The molecular formula is C73H60F2O12S2. The molecule has 2 aliphatic heterocycles. The van der Waals surface area contributed by atoms with Gasteiger partial charge in [0.15, 0.2) is 35.4 Å². The minimum absolute atomic E-state index is 0.227. The van der Waals surface area contributed by atoms with Gasteiger partial charge in [-0.05, 0) is 127 Å². The number of aryl methyl sites for hydroxylation is 3. The Balaban J connectivity index is 0.000000208. The van der Waals surface area contributed by atoms with Crippen molar-refractivity contribution in [2.45, 2.75) is 66.7 Å². The predicted molar refractivity (Wildman–Crippen MR) is 339 cm³/mol. The van der Waals surface area contributed by atoms with E-state index in [1.165, 1.54) is 0 Å². The monoisotopic (exact) mass is 1230 g/mol. The lowest BCUT2D eigenvalue weighted by atomic mass is 10.0. The third-order valence-corrected chi connectivity index (χ3v) is 17.5. The molecule has 0 spiro atoms. The summed E-state index contributed by atoms with van der Waals surface area (Å²) < 4.78 is 65.1. The molecule has 0 saturated carbocycles. The molecule has 89 heavy (non-hydrogen) atoms. The molecule has 0 aromatic heterocycles. The van der Waals surface area contributed by atoms with E-state index in [4.69, 9.17) is 28.4 Å². The normalized spacial score (nSPS) is 19.1. The van der Waals surface area contributed by atoms with E-state index in [1.54, 1.807) is 133 Å². The number of esters is 6. The first-order chi connectivity index (χ1) is 43.1. The zero-order valence-corrected chi connectivity index (χ0v) is 50.2. The van der Waals surface area contributed by atoms with Gasteiger partial charge < -0.3 is 28.4 Å². The van der Waals surface area contributed by atoms with Gasteiger partial charge in [-0.1, -0.05) is 180 Å². The van der Waals surface area contributed by atoms with E-state index in [-0.39, 0.29) is 35.5 Å². The van der Waals surface area contributed by atoms with Crippen LogP contribution in [-0.4, -0.2) is 95.0 Å². The summed E-state index contributed by atoms with van der Waals surface area (Å²) in [4.78, 5) is 77.5. The zero-order valence-electron chi connectivity index (χ0n) is 48.5. The number of rotatable bonds is 17. The minimum atomic E-state index is -1.89. The highest BCUT2D eigenvalue weighted by Gasteiger charge is 2.51. The van der Waals surface area contributed by atoms with Gasteiger partial charge in [-0.15, -0.1) is 23.5 Å². The number of halogens is 2. The molecule has 0 bridgehead atoms. The average Bonchev–Trinajstić information content (AvgIpc) is 2.60. The second kappa shape index (κ2) is 29.4. The summed E-state index contributed by atoms with van der Waals surface area (Å²) in [6.07, 6.45) is -6.37. The van der Waals surface area contributed by atoms with E-state index >= 15 is 8.78 Å². The molecule has 2 fully saturated rings. The van der Waals surface area contributed by atoms with Crippen LogP contribution in [-0.2, 0) is 28.4 Å². The molecule has 11 rings (SSSR count). The molecule has 0 amide bonds. The molecule has 9 aromatic carbocycles. The number of hydrogen-bond donors (Lipinski definition) is 0. The Morgan fingerprint density at radius 1 is 0.303 bits per heavy atom. The van der Waals surface area contributed by atoms with Gasteiger partial charge in [0.1, 0.15) is 13.2 Å². The van der Waals surface area contributed by atoms with Crippen molar-refractivity contribution in [3.8, 4) is 33.4 Å². The third-order valence-electron chi connectivity index (χ3n) is 14.7. The molecule has 12 nitrogen and oxygen atoms in total. The SMILES string of the molecule is Cc1ccc(C(=O)OC[C@@H]2SC(OC(=O)c3ccc(C)cc3)[C@@H](F)[C@@H]2OC(=O)c2ccc(C)cc2)cc1.O=C(OC[C@@H]1SC(OC(=O)c2ccc(-c3ccccc3)cc2)[C@@H](F)[C@@H]1OC(=O)c1ccc(-c2ccccc2)cc1)c1ccc(-c2ccccc2)cc1. The molecule has 2 saturated heterocycles. The summed E-state index contributed by atoms with van der Waals surface area (Å²) in [5.41, 5.74) is 7.76.